The lowest BCUT2D eigenvalue weighted by Gasteiger charge is -2.19. The van der Waals surface area contributed by atoms with E-state index >= 15 is 0 Å². The molecule has 0 heterocycles. The van der Waals surface area contributed by atoms with Gasteiger partial charge in [0.05, 0.1) is 13.5 Å². The van der Waals surface area contributed by atoms with Crippen molar-refractivity contribution < 1.29 is 9.53 Å². The van der Waals surface area contributed by atoms with Crippen LogP contribution in [0.2, 0.25) is 0 Å². The van der Waals surface area contributed by atoms with E-state index in [0.717, 1.165) is 15.7 Å². The monoisotopic (exact) mass is 361 g/mol. The van der Waals surface area contributed by atoms with E-state index < -0.39 is 0 Å². The molecule has 0 saturated carbocycles. The first-order valence-corrected chi connectivity index (χ1v) is 7.57. The maximum atomic E-state index is 11.9. The highest BCUT2D eigenvalue weighted by Crippen LogP contribution is 2.12. The molecule has 0 radical (unpaired) electrons. The molecule has 0 aliphatic rings. The number of amides is 1. The van der Waals surface area contributed by atoms with Crippen LogP contribution in [0.3, 0.4) is 0 Å². The Morgan fingerprint density at radius 1 is 1.33 bits per heavy atom. The lowest BCUT2D eigenvalue weighted by Crippen LogP contribution is -2.40. The standard InChI is InChI=1S/C14H20INO2/c1-10(2)13(9-15)16-14(17)8-11-4-6-12(18-3)7-5-11/h4-7,10,13H,8-9H2,1-3H3,(H,16,17). The highest BCUT2D eigenvalue weighted by Gasteiger charge is 2.14. The number of hydrogen-bond acceptors (Lipinski definition) is 2. The molecule has 100 valence electrons. The van der Waals surface area contributed by atoms with Crippen LogP contribution in [0.4, 0.5) is 0 Å². The molecule has 0 aliphatic carbocycles. The van der Waals surface area contributed by atoms with E-state index in [1.54, 1.807) is 7.11 Å². The minimum Gasteiger partial charge on any atom is -0.497 e. The molecule has 0 bridgehead atoms. The second kappa shape index (κ2) is 7.61. The Bertz CT molecular complexity index is 376. The van der Waals surface area contributed by atoms with Crippen LogP contribution in [-0.4, -0.2) is 23.5 Å². The Kier molecular flexibility index (Phi) is 6.46. The van der Waals surface area contributed by atoms with Gasteiger partial charge in [0.25, 0.3) is 0 Å². The maximum absolute atomic E-state index is 11.9. The smallest absolute Gasteiger partial charge is 0.224 e. The zero-order valence-electron chi connectivity index (χ0n) is 11.1. The molecule has 3 nitrogen and oxygen atoms in total. The summed E-state index contributed by atoms with van der Waals surface area (Å²) in [4.78, 5) is 11.9. The van der Waals surface area contributed by atoms with Crippen LogP contribution in [0, 0.1) is 5.92 Å². The molecule has 1 atom stereocenters. The van der Waals surface area contributed by atoms with Gasteiger partial charge in [-0.1, -0.05) is 48.6 Å². The molecular weight excluding hydrogens is 341 g/mol. The predicted molar refractivity (Wildman–Crippen MR) is 82.4 cm³/mol. The molecule has 0 aromatic heterocycles. The highest BCUT2D eigenvalue weighted by atomic mass is 127. The van der Waals surface area contributed by atoms with Gasteiger partial charge in [-0.25, -0.2) is 0 Å². The zero-order valence-corrected chi connectivity index (χ0v) is 13.2. The maximum Gasteiger partial charge on any atom is 0.224 e. The summed E-state index contributed by atoms with van der Waals surface area (Å²) in [6.07, 6.45) is 0.420. The second-order valence-electron chi connectivity index (χ2n) is 4.60. The number of methoxy groups -OCH3 is 1. The summed E-state index contributed by atoms with van der Waals surface area (Å²) >= 11 is 2.31. The third kappa shape index (κ3) is 4.84. The fourth-order valence-electron chi connectivity index (χ4n) is 1.57. The third-order valence-corrected chi connectivity index (χ3v) is 3.79. The van der Waals surface area contributed by atoms with Crippen LogP contribution in [0.25, 0.3) is 0 Å². The molecule has 1 amide bonds. The average Bonchev–Trinajstić information content (AvgIpc) is 2.36. The van der Waals surface area contributed by atoms with E-state index in [2.05, 4.69) is 41.8 Å². The van der Waals surface area contributed by atoms with Gasteiger partial charge in [0.15, 0.2) is 0 Å². The van der Waals surface area contributed by atoms with Crippen LogP contribution < -0.4 is 10.1 Å². The molecule has 1 aromatic rings. The number of carbonyl (C=O) groups is 1. The van der Waals surface area contributed by atoms with Crippen molar-refractivity contribution in [2.24, 2.45) is 5.92 Å². The SMILES string of the molecule is COc1ccc(CC(=O)NC(CI)C(C)C)cc1. The summed E-state index contributed by atoms with van der Waals surface area (Å²) in [6.45, 7) is 4.24. The van der Waals surface area contributed by atoms with Gasteiger partial charge < -0.3 is 10.1 Å². The van der Waals surface area contributed by atoms with Crippen molar-refractivity contribution in [2.75, 3.05) is 11.5 Å². The minimum atomic E-state index is 0.0792. The summed E-state index contributed by atoms with van der Waals surface area (Å²) in [7, 11) is 1.63. The molecule has 0 spiro atoms. The molecule has 1 rings (SSSR count). The van der Waals surface area contributed by atoms with Crippen molar-refractivity contribution >= 4 is 28.5 Å². The van der Waals surface area contributed by atoms with E-state index in [1.165, 1.54) is 0 Å². The largest absolute Gasteiger partial charge is 0.497 e. The van der Waals surface area contributed by atoms with E-state index in [1.807, 2.05) is 24.3 Å². The number of alkyl halides is 1. The van der Waals surface area contributed by atoms with Crippen molar-refractivity contribution in [2.45, 2.75) is 26.3 Å². The number of ether oxygens (including phenoxy) is 1. The summed E-state index contributed by atoms with van der Waals surface area (Å²) in [5, 5.41) is 3.07. The Morgan fingerprint density at radius 2 is 1.94 bits per heavy atom. The van der Waals surface area contributed by atoms with Crippen molar-refractivity contribution in [1.29, 1.82) is 0 Å². The quantitative estimate of drug-likeness (QED) is 0.625. The number of benzene rings is 1. The van der Waals surface area contributed by atoms with Gasteiger partial charge in [-0.15, -0.1) is 0 Å². The molecule has 0 saturated heterocycles. The van der Waals surface area contributed by atoms with Gasteiger partial charge in [-0.05, 0) is 23.6 Å². The van der Waals surface area contributed by atoms with Crippen molar-refractivity contribution in [3.63, 3.8) is 0 Å². The van der Waals surface area contributed by atoms with Gasteiger partial charge in [-0.3, -0.25) is 4.79 Å². The second-order valence-corrected chi connectivity index (χ2v) is 5.48. The van der Waals surface area contributed by atoms with Gasteiger partial charge in [0.1, 0.15) is 5.75 Å². The van der Waals surface area contributed by atoms with Gasteiger partial charge >= 0.3 is 0 Å². The average molecular weight is 361 g/mol. The fraction of sp³-hybridized carbons (Fsp3) is 0.500. The first-order valence-electron chi connectivity index (χ1n) is 6.05. The van der Waals surface area contributed by atoms with Crippen molar-refractivity contribution in [1.82, 2.24) is 5.32 Å². The number of halogens is 1. The lowest BCUT2D eigenvalue weighted by molar-refractivity contribution is -0.121. The number of hydrogen-bond donors (Lipinski definition) is 1. The Hall–Kier alpha value is -0.780. The molecule has 0 aliphatic heterocycles. The molecule has 1 aromatic carbocycles. The predicted octanol–water partition coefficient (Wildman–Crippen LogP) is 2.81. The summed E-state index contributed by atoms with van der Waals surface area (Å²) in [5.74, 6) is 1.35. The zero-order chi connectivity index (χ0) is 13.5. The van der Waals surface area contributed by atoms with E-state index in [4.69, 9.17) is 4.74 Å². The van der Waals surface area contributed by atoms with Crippen LogP contribution in [0.5, 0.6) is 5.75 Å². The summed E-state index contributed by atoms with van der Waals surface area (Å²) in [5.41, 5.74) is 1.00. The first-order chi connectivity index (χ1) is 8.56. The molecule has 1 N–H and O–H groups in total. The molecule has 1 unspecified atom stereocenters. The molecule has 4 heteroatoms. The van der Waals surface area contributed by atoms with Crippen molar-refractivity contribution in [3.05, 3.63) is 29.8 Å². The fourth-order valence-corrected chi connectivity index (χ4v) is 2.81. The number of rotatable bonds is 6. The third-order valence-electron chi connectivity index (χ3n) is 2.84. The van der Waals surface area contributed by atoms with E-state index in [0.29, 0.717) is 12.3 Å². The summed E-state index contributed by atoms with van der Waals surface area (Å²) < 4.78 is 6.02. The molecular formula is C14H20INO2. The minimum absolute atomic E-state index is 0.0792. The van der Waals surface area contributed by atoms with E-state index in [-0.39, 0.29) is 11.9 Å². The topological polar surface area (TPSA) is 38.3 Å². The summed E-state index contributed by atoms with van der Waals surface area (Å²) in [6, 6.07) is 7.85. The Morgan fingerprint density at radius 3 is 2.39 bits per heavy atom. The lowest BCUT2D eigenvalue weighted by atomic mass is 10.1. The van der Waals surface area contributed by atoms with Crippen LogP contribution in [0.1, 0.15) is 19.4 Å². The number of carbonyl (C=O) groups excluding carboxylic acids is 1. The van der Waals surface area contributed by atoms with Crippen LogP contribution in [-0.2, 0) is 11.2 Å². The molecule has 18 heavy (non-hydrogen) atoms. The Balaban J connectivity index is 2.53. The van der Waals surface area contributed by atoms with Crippen molar-refractivity contribution in [3.8, 4) is 5.75 Å². The van der Waals surface area contributed by atoms with Gasteiger partial charge in [0.2, 0.25) is 5.91 Å². The van der Waals surface area contributed by atoms with Crippen LogP contribution in [0.15, 0.2) is 24.3 Å². The van der Waals surface area contributed by atoms with Gasteiger partial charge in [-0.2, -0.15) is 0 Å². The van der Waals surface area contributed by atoms with Gasteiger partial charge in [0, 0.05) is 10.5 Å². The normalized spacial score (nSPS) is 12.3. The Labute approximate surface area is 122 Å². The first kappa shape index (κ1) is 15.3. The van der Waals surface area contributed by atoms with Crippen LogP contribution >= 0.6 is 22.6 Å². The highest BCUT2D eigenvalue weighted by molar-refractivity contribution is 14.1. The van der Waals surface area contributed by atoms with E-state index in [9.17, 15) is 4.79 Å². The molecule has 0 fully saturated rings. The number of nitrogens with one attached hydrogen (secondary N) is 1.